The van der Waals surface area contributed by atoms with Gasteiger partial charge in [0.05, 0.1) is 12.0 Å². The first-order valence-electron chi connectivity index (χ1n) is 5.55. The van der Waals surface area contributed by atoms with Crippen molar-refractivity contribution in [3.63, 3.8) is 0 Å². The third kappa shape index (κ3) is 4.02. The van der Waals surface area contributed by atoms with E-state index >= 15 is 0 Å². The van der Waals surface area contributed by atoms with E-state index in [0.717, 1.165) is 18.8 Å². The van der Waals surface area contributed by atoms with Crippen LogP contribution in [0.5, 0.6) is 0 Å². The molecule has 0 saturated carbocycles. The zero-order valence-corrected chi connectivity index (χ0v) is 10.2. The third-order valence-corrected chi connectivity index (χ3v) is 2.33. The van der Waals surface area contributed by atoms with E-state index in [0.29, 0.717) is 13.0 Å². The van der Waals surface area contributed by atoms with Gasteiger partial charge in [0.2, 0.25) is 5.91 Å². The minimum Gasteiger partial charge on any atom is -0.349 e. The second kappa shape index (κ2) is 6.27. The Balaban J connectivity index is 2.37. The molecule has 1 aromatic heterocycles. The van der Waals surface area contributed by atoms with E-state index in [1.165, 1.54) is 0 Å². The molecule has 1 rings (SSSR count). The summed E-state index contributed by atoms with van der Waals surface area (Å²) in [5.74, 6) is 0.141. The van der Waals surface area contributed by atoms with Gasteiger partial charge in [0, 0.05) is 39.8 Å². The van der Waals surface area contributed by atoms with Crippen LogP contribution in [0.15, 0.2) is 12.5 Å². The van der Waals surface area contributed by atoms with Crippen LogP contribution in [-0.2, 0) is 17.9 Å². The number of imidazole rings is 1. The molecule has 0 aromatic carbocycles. The fourth-order valence-corrected chi connectivity index (χ4v) is 1.32. The highest BCUT2D eigenvalue weighted by molar-refractivity contribution is 5.75. The average Bonchev–Trinajstić information content (AvgIpc) is 2.70. The third-order valence-electron chi connectivity index (χ3n) is 2.33. The van der Waals surface area contributed by atoms with Crippen LogP contribution in [0, 0.1) is 0 Å². The number of hydrogen-bond acceptors (Lipinski definition) is 3. The molecule has 0 saturated heterocycles. The molecule has 90 valence electrons. The van der Waals surface area contributed by atoms with E-state index in [2.05, 4.69) is 17.2 Å². The molecule has 0 radical (unpaired) electrons. The molecule has 1 amide bonds. The lowest BCUT2D eigenvalue weighted by atomic mass is 10.4. The summed E-state index contributed by atoms with van der Waals surface area (Å²) in [6.45, 7) is 4.47. The first-order valence-corrected chi connectivity index (χ1v) is 5.55. The second-order valence-corrected chi connectivity index (χ2v) is 3.92. The molecule has 0 aliphatic carbocycles. The molecule has 0 atom stereocenters. The lowest BCUT2D eigenvalue weighted by Gasteiger charge is -2.09. The second-order valence-electron chi connectivity index (χ2n) is 3.92. The molecule has 0 unspecified atom stereocenters. The van der Waals surface area contributed by atoms with Gasteiger partial charge in [-0.3, -0.25) is 4.79 Å². The molecular weight excluding hydrogens is 204 g/mol. The number of aromatic nitrogens is 2. The van der Waals surface area contributed by atoms with Crippen molar-refractivity contribution in [3.8, 4) is 0 Å². The molecule has 1 heterocycles. The van der Waals surface area contributed by atoms with Crippen molar-refractivity contribution in [2.75, 3.05) is 20.6 Å². The Morgan fingerprint density at radius 2 is 2.31 bits per heavy atom. The van der Waals surface area contributed by atoms with Crippen molar-refractivity contribution < 1.29 is 4.79 Å². The van der Waals surface area contributed by atoms with Crippen molar-refractivity contribution in [3.05, 3.63) is 18.2 Å². The van der Waals surface area contributed by atoms with Gasteiger partial charge in [0.1, 0.15) is 0 Å². The van der Waals surface area contributed by atoms with E-state index in [9.17, 15) is 4.79 Å². The Morgan fingerprint density at radius 1 is 1.56 bits per heavy atom. The number of amides is 1. The fraction of sp³-hybridized carbons (Fsp3) is 0.636. The van der Waals surface area contributed by atoms with Gasteiger partial charge in [-0.15, -0.1) is 0 Å². The SMILES string of the molecule is CCNCc1cn(CCC(=O)N(C)C)cn1. The van der Waals surface area contributed by atoms with Crippen LogP contribution in [0.3, 0.4) is 0 Å². The number of hydrogen-bond donors (Lipinski definition) is 1. The molecular formula is C11H20N4O. The van der Waals surface area contributed by atoms with E-state index in [-0.39, 0.29) is 5.91 Å². The molecule has 0 fully saturated rings. The van der Waals surface area contributed by atoms with Crippen molar-refractivity contribution in [1.82, 2.24) is 19.8 Å². The Morgan fingerprint density at radius 3 is 2.94 bits per heavy atom. The van der Waals surface area contributed by atoms with Gasteiger partial charge in [-0.1, -0.05) is 6.92 Å². The van der Waals surface area contributed by atoms with Gasteiger partial charge in [-0.05, 0) is 6.54 Å². The van der Waals surface area contributed by atoms with Gasteiger partial charge in [-0.2, -0.15) is 0 Å². The summed E-state index contributed by atoms with van der Waals surface area (Å²) in [4.78, 5) is 17.2. The van der Waals surface area contributed by atoms with Gasteiger partial charge in [-0.25, -0.2) is 4.98 Å². The zero-order chi connectivity index (χ0) is 12.0. The number of aryl methyl sites for hydroxylation is 1. The van der Waals surface area contributed by atoms with Crippen LogP contribution in [0.1, 0.15) is 19.0 Å². The van der Waals surface area contributed by atoms with Crippen LogP contribution in [-0.4, -0.2) is 41.0 Å². The first kappa shape index (κ1) is 12.7. The van der Waals surface area contributed by atoms with Gasteiger partial charge in [0.25, 0.3) is 0 Å². The van der Waals surface area contributed by atoms with Gasteiger partial charge >= 0.3 is 0 Å². The maximum Gasteiger partial charge on any atom is 0.223 e. The predicted molar refractivity (Wildman–Crippen MR) is 62.9 cm³/mol. The largest absolute Gasteiger partial charge is 0.349 e. The summed E-state index contributed by atoms with van der Waals surface area (Å²) in [7, 11) is 3.54. The van der Waals surface area contributed by atoms with E-state index < -0.39 is 0 Å². The lowest BCUT2D eigenvalue weighted by Crippen LogP contribution is -2.22. The average molecular weight is 224 g/mol. The number of nitrogens with one attached hydrogen (secondary N) is 1. The Labute approximate surface area is 96.5 Å². The van der Waals surface area contributed by atoms with Crippen molar-refractivity contribution in [2.24, 2.45) is 0 Å². The standard InChI is InChI=1S/C11H20N4O/c1-4-12-7-10-8-15(9-13-10)6-5-11(16)14(2)3/h8-9,12H,4-7H2,1-3H3. The summed E-state index contributed by atoms with van der Waals surface area (Å²) in [5, 5.41) is 3.21. The molecule has 5 nitrogen and oxygen atoms in total. The Bertz CT molecular complexity index is 332. The number of nitrogens with zero attached hydrogens (tertiary/aromatic N) is 3. The van der Waals surface area contributed by atoms with Crippen LogP contribution >= 0.6 is 0 Å². The quantitative estimate of drug-likeness (QED) is 0.764. The highest BCUT2D eigenvalue weighted by atomic mass is 16.2. The first-order chi connectivity index (χ1) is 7.63. The molecule has 0 aliphatic heterocycles. The fourth-order valence-electron chi connectivity index (χ4n) is 1.32. The van der Waals surface area contributed by atoms with Crippen LogP contribution in [0.4, 0.5) is 0 Å². The highest BCUT2D eigenvalue weighted by Crippen LogP contribution is 1.98. The predicted octanol–water partition coefficient (Wildman–Crippen LogP) is 0.471. The molecule has 1 N–H and O–H groups in total. The molecule has 0 aliphatic rings. The number of rotatable bonds is 6. The van der Waals surface area contributed by atoms with Gasteiger partial charge < -0.3 is 14.8 Å². The van der Waals surface area contributed by atoms with Gasteiger partial charge in [0.15, 0.2) is 0 Å². The number of carbonyl (C=O) groups is 1. The zero-order valence-electron chi connectivity index (χ0n) is 10.2. The number of carbonyl (C=O) groups excluding carboxylic acids is 1. The van der Waals surface area contributed by atoms with Crippen molar-refractivity contribution >= 4 is 5.91 Å². The highest BCUT2D eigenvalue weighted by Gasteiger charge is 2.04. The molecule has 16 heavy (non-hydrogen) atoms. The normalized spacial score (nSPS) is 10.4. The van der Waals surface area contributed by atoms with Crippen molar-refractivity contribution in [2.45, 2.75) is 26.4 Å². The van der Waals surface area contributed by atoms with Crippen LogP contribution in [0.2, 0.25) is 0 Å². The topological polar surface area (TPSA) is 50.2 Å². The minimum atomic E-state index is 0.141. The molecule has 0 spiro atoms. The maximum atomic E-state index is 11.4. The van der Waals surface area contributed by atoms with Crippen molar-refractivity contribution in [1.29, 1.82) is 0 Å². The van der Waals surface area contributed by atoms with Crippen LogP contribution in [0.25, 0.3) is 0 Å². The summed E-state index contributed by atoms with van der Waals surface area (Å²) in [6.07, 6.45) is 4.27. The Hall–Kier alpha value is -1.36. The summed E-state index contributed by atoms with van der Waals surface area (Å²) in [6, 6.07) is 0. The van der Waals surface area contributed by atoms with E-state index in [1.807, 2.05) is 10.8 Å². The smallest absolute Gasteiger partial charge is 0.223 e. The van der Waals surface area contributed by atoms with Crippen LogP contribution < -0.4 is 5.32 Å². The lowest BCUT2D eigenvalue weighted by molar-refractivity contribution is -0.128. The monoisotopic (exact) mass is 224 g/mol. The Kier molecular flexibility index (Phi) is 4.98. The molecule has 1 aromatic rings. The summed E-state index contributed by atoms with van der Waals surface area (Å²) < 4.78 is 1.95. The minimum absolute atomic E-state index is 0.141. The summed E-state index contributed by atoms with van der Waals surface area (Å²) >= 11 is 0. The maximum absolute atomic E-state index is 11.4. The molecule has 0 bridgehead atoms. The van der Waals surface area contributed by atoms with E-state index in [4.69, 9.17) is 0 Å². The summed E-state index contributed by atoms with van der Waals surface area (Å²) in [5.41, 5.74) is 1.01. The van der Waals surface area contributed by atoms with E-state index in [1.54, 1.807) is 25.3 Å². The molecule has 5 heteroatoms.